The summed E-state index contributed by atoms with van der Waals surface area (Å²) in [6.45, 7) is 10.3. The lowest BCUT2D eigenvalue weighted by Crippen LogP contribution is -2.54. The minimum atomic E-state index is -4.41. The van der Waals surface area contributed by atoms with Crippen LogP contribution in [-0.2, 0) is 56.2 Å². The van der Waals surface area contributed by atoms with Crippen LogP contribution in [0.15, 0.2) is 60.7 Å². The highest BCUT2D eigenvalue weighted by molar-refractivity contribution is 7.85. The Morgan fingerprint density at radius 3 is 1.98 bits per heavy atom. The number of hydrogen-bond donors (Lipinski definition) is 1. The molecule has 3 rings (SSSR count). The molecule has 0 radical (unpaired) electrons. The van der Waals surface area contributed by atoms with Crippen LogP contribution in [0.25, 0.3) is 0 Å². The topological polar surface area (TPSA) is 161 Å². The quantitative estimate of drug-likeness (QED) is 0.196. The number of carbonyl (C=O) groups excluding carboxylic acids is 3. The number of carbonyl (C=O) groups is 3. The fraction of sp³-hybridized carbons (Fsp3) is 0.531. The first-order valence-electron chi connectivity index (χ1n) is 14.9. The molecule has 1 fully saturated rings. The molecule has 0 aromatic heterocycles. The SMILES string of the molecule is CC(C)(C)OC(=O)N1[C@H](C(=O)OCc2ccccc2)CCOS1(=O)=O.CC(C)CCOCC[C@H](N)C(=O)OCc1ccccc1. The van der Waals surface area contributed by atoms with Crippen LogP contribution in [0.4, 0.5) is 4.79 Å². The summed E-state index contributed by atoms with van der Waals surface area (Å²) in [5.74, 6) is -0.581. The summed E-state index contributed by atoms with van der Waals surface area (Å²) >= 11 is 0. The van der Waals surface area contributed by atoms with Crippen molar-refractivity contribution in [2.75, 3.05) is 19.8 Å². The van der Waals surface area contributed by atoms with Crippen LogP contribution in [0.2, 0.25) is 0 Å². The summed E-state index contributed by atoms with van der Waals surface area (Å²) in [6, 6.07) is 16.5. The predicted octanol–water partition coefficient (Wildman–Crippen LogP) is 4.51. The van der Waals surface area contributed by atoms with Gasteiger partial charge < -0.3 is 24.7 Å². The van der Waals surface area contributed by atoms with Crippen molar-refractivity contribution in [3.63, 3.8) is 0 Å². The summed E-state index contributed by atoms with van der Waals surface area (Å²) in [4.78, 5) is 36.3. The molecule has 0 spiro atoms. The van der Waals surface area contributed by atoms with Gasteiger partial charge in [-0.25, -0.2) is 9.59 Å². The van der Waals surface area contributed by atoms with Gasteiger partial charge in [-0.2, -0.15) is 12.7 Å². The molecule has 1 heterocycles. The fourth-order valence-corrected chi connectivity index (χ4v) is 4.89. The maximum Gasteiger partial charge on any atom is 0.426 e. The van der Waals surface area contributed by atoms with E-state index in [1.54, 1.807) is 45.0 Å². The van der Waals surface area contributed by atoms with E-state index in [-0.39, 0.29) is 32.2 Å². The van der Waals surface area contributed by atoms with Crippen LogP contribution in [-0.4, -0.2) is 68.3 Å². The van der Waals surface area contributed by atoms with Crippen molar-refractivity contribution in [2.24, 2.45) is 11.7 Å². The molecule has 1 amide bonds. The molecule has 0 aliphatic carbocycles. The molecule has 0 saturated carbocycles. The van der Waals surface area contributed by atoms with Gasteiger partial charge >= 0.3 is 28.3 Å². The van der Waals surface area contributed by atoms with Crippen molar-refractivity contribution >= 4 is 28.3 Å². The van der Waals surface area contributed by atoms with Gasteiger partial charge in [-0.3, -0.25) is 8.98 Å². The zero-order valence-corrected chi connectivity index (χ0v) is 27.5. The molecule has 0 bridgehead atoms. The second-order valence-electron chi connectivity index (χ2n) is 11.7. The zero-order chi connectivity index (χ0) is 33.5. The Kier molecular flexibility index (Phi) is 15.4. The normalized spacial score (nSPS) is 16.6. The third kappa shape index (κ3) is 14.4. The van der Waals surface area contributed by atoms with E-state index in [1.807, 2.05) is 36.4 Å². The van der Waals surface area contributed by atoms with E-state index >= 15 is 0 Å². The van der Waals surface area contributed by atoms with Crippen molar-refractivity contribution in [3.8, 4) is 0 Å². The Balaban J connectivity index is 0.000000322. The number of benzene rings is 2. The van der Waals surface area contributed by atoms with Gasteiger partial charge in [0.25, 0.3) is 0 Å². The Morgan fingerprint density at radius 1 is 0.911 bits per heavy atom. The van der Waals surface area contributed by atoms with E-state index in [0.29, 0.717) is 29.9 Å². The van der Waals surface area contributed by atoms with Crippen LogP contribution in [0.3, 0.4) is 0 Å². The standard InChI is InChI=1S/C16H21NO7S.C16H25NO3/c1-16(2,3)24-15(19)17-13(9-10-23-25(17,20)21)14(18)22-11-12-7-5-4-6-8-12;1-13(2)8-10-19-11-9-15(17)16(18)20-12-14-6-4-3-5-7-14/h4-8,13H,9-11H2,1-3H3;3-7,13,15H,8-12,17H2,1-2H3/t13-;15-/m00/s1. The van der Waals surface area contributed by atoms with Crippen LogP contribution in [0.1, 0.15) is 65.0 Å². The van der Waals surface area contributed by atoms with Crippen molar-refractivity contribution in [2.45, 2.75) is 84.8 Å². The van der Waals surface area contributed by atoms with Gasteiger partial charge in [0.1, 0.15) is 24.9 Å². The highest BCUT2D eigenvalue weighted by Gasteiger charge is 2.46. The number of nitrogens with two attached hydrogens (primary N) is 1. The number of amides is 1. The highest BCUT2D eigenvalue weighted by Crippen LogP contribution is 2.24. The molecule has 2 aromatic rings. The molecule has 250 valence electrons. The Bertz CT molecular complexity index is 1300. The molecular weight excluding hydrogens is 604 g/mol. The summed E-state index contributed by atoms with van der Waals surface area (Å²) in [5, 5.41) is 0. The average Bonchev–Trinajstić information content (AvgIpc) is 2.98. The molecule has 2 atom stereocenters. The monoisotopic (exact) mass is 650 g/mol. The smallest absolute Gasteiger partial charge is 0.426 e. The third-order valence-electron chi connectivity index (χ3n) is 6.16. The van der Waals surface area contributed by atoms with E-state index in [0.717, 1.165) is 17.5 Å². The number of hydrogen-bond acceptors (Lipinski definition) is 11. The molecular formula is C32H46N2O10S. The van der Waals surface area contributed by atoms with Crippen molar-refractivity contribution < 1.29 is 45.9 Å². The van der Waals surface area contributed by atoms with E-state index in [2.05, 4.69) is 18.0 Å². The van der Waals surface area contributed by atoms with E-state index in [1.165, 1.54) is 0 Å². The Morgan fingerprint density at radius 2 is 1.44 bits per heavy atom. The highest BCUT2D eigenvalue weighted by atomic mass is 32.2. The minimum absolute atomic E-state index is 0.00784. The fourth-order valence-electron chi connectivity index (χ4n) is 3.74. The van der Waals surface area contributed by atoms with E-state index in [4.69, 9.17) is 24.7 Å². The first kappa shape index (κ1) is 37.7. The van der Waals surface area contributed by atoms with Gasteiger partial charge in [0, 0.05) is 19.6 Å². The minimum Gasteiger partial charge on any atom is -0.460 e. The van der Waals surface area contributed by atoms with Crippen molar-refractivity contribution in [1.29, 1.82) is 0 Å². The molecule has 12 nitrogen and oxygen atoms in total. The molecule has 45 heavy (non-hydrogen) atoms. The number of esters is 2. The Hall–Kier alpha value is -3.52. The summed E-state index contributed by atoms with van der Waals surface area (Å²) in [5.41, 5.74) is 6.55. The summed E-state index contributed by atoms with van der Waals surface area (Å²) < 4.78 is 50.0. The van der Waals surface area contributed by atoms with E-state index in [9.17, 15) is 22.8 Å². The lowest BCUT2D eigenvalue weighted by molar-refractivity contribution is -0.151. The Labute approximate surface area is 266 Å². The molecule has 2 N–H and O–H groups in total. The van der Waals surface area contributed by atoms with Crippen molar-refractivity contribution in [3.05, 3.63) is 71.8 Å². The van der Waals surface area contributed by atoms with E-state index < -0.39 is 40.1 Å². The van der Waals surface area contributed by atoms with Gasteiger partial charge in [-0.05, 0) is 50.7 Å². The maximum absolute atomic E-state index is 12.3. The molecule has 1 aliphatic heterocycles. The lowest BCUT2D eigenvalue weighted by atomic mass is 10.1. The van der Waals surface area contributed by atoms with Crippen LogP contribution < -0.4 is 5.73 Å². The van der Waals surface area contributed by atoms with Gasteiger partial charge in [-0.1, -0.05) is 74.5 Å². The molecule has 1 aliphatic rings. The second-order valence-corrected chi connectivity index (χ2v) is 13.2. The first-order chi connectivity index (χ1) is 21.2. The zero-order valence-electron chi connectivity index (χ0n) is 26.7. The van der Waals surface area contributed by atoms with Gasteiger partial charge in [0.05, 0.1) is 6.61 Å². The number of nitrogens with zero attached hydrogens (tertiary/aromatic N) is 1. The van der Waals surface area contributed by atoms with Crippen LogP contribution >= 0.6 is 0 Å². The lowest BCUT2D eigenvalue weighted by Gasteiger charge is -2.33. The van der Waals surface area contributed by atoms with Gasteiger partial charge in [0.2, 0.25) is 0 Å². The van der Waals surface area contributed by atoms with Crippen LogP contribution in [0.5, 0.6) is 0 Å². The molecule has 1 saturated heterocycles. The third-order valence-corrected chi connectivity index (χ3v) is 7.51. The summed E-state index contributed by atoms with van der Waals surface area (Å²) in [6.07, 6.45) is 0.333. The second kappa shape index (κ2) is 18.4. The largest absolute Gasteiger partial charge is 0.460 e. The first-order valence-corrected chi connectivity index (χ1v) is 16.2. The maximum atomic E-state index is 12.3. The van der Waals surface area contributed by atoms with Crippen LogP contribution in [0, 0.1) is 5.92 Å². The van der Waals surface area contributed by atoms with Gasteiger partial charge in [0.15, 0.2) is 6.04 Å². The molecule has 0 unspecified atom stereocenters. The number of rotatable bonds is 12. The summed E-state index contributed by atoms with van der Waals surface area (Å²) in [7, 11) is -4.41. The predicted molar refractivity (Wildman–Crippen MR) is 167 cm³/mol. The number of ether oxygens (including phenoxy) is 4. The average molecular weight is 651 g/mol. The molecule has 2 aromatic carbocycles. The van der Waals surface area contributed by atoms with Gasteiger partial charge in [-0.15, -0.1) is 0 Å². The molecule has 13 heteroatoms. The van der Waals surface area contributed by atoms with Crippen molar-refractivity contribution in [1.82, 2.24) is 4.31 Å².